The zero-order valence-electron chi connectivity index (χ0n) is 9.59. The maximum atomic E-state index is 13.0. The molecule has 0 saturated carbocycles. The number of ether oxygens (including phenoxy) is 1. The fourth-order valence-corrected chi connectivity index (χ4v) is 2.16. The van der Waals surface area contributed by atoms with Gasteiger partial charge in [0.15, 0.2) is 0 Å². The van der Waals surface area contributed by atoms with Crippen LogP contribution >= 0.6 is 15.9 Å². The van der Waals surface area contributed by atoms with Gasteiger partial charge in [0.05, 0.1) is 12.6 Å². The van der Waals surface area contributed by atoms with Crippen LogP contribution in [0.15, 0.2) is 22.7 Å². The van der Waals surface area contributed by atoms with Crippen LogP contribution < -0.4 is 5.32 Å². The van der Waals surface area contributed by atoms with E-state index >= 15 is 0 Å². The average molecular weight is 290 g/mol. The summed E-state index contributed by atoms with van der Waals surface area (Å²) < 4.78 is 18.9. The van der Waals surface area contributed by atoms with Gasteiger partial charge in [0, 0.05) is 11.6 Å². The number of rotatable bonds is 6. The molecule has 4 heteroatoms. The normalized spacial score (nSPS) is 12.8. The number of benzene rings is 1. The van der Waals surface area contributed by atoms with Crippen LogP contribution in [-0.4, -0.2) is 20.3 Å². The Morgan fingerprint density at radius 2 is 2.25 bits per heavy atom. The van der Waals surface area contributed by atoms with Gasteiger partial charge in [-0.2, -0.15) is 0 Å². The molecular weight excluding hydrogens is 273 g/mol. The number of methoxy groups -OCH3 is 1. The Hall–Kier alpha value is -0.450. The van der Waals surface area contributed by atoms with Gasteiger partial charge < -0.3 is 10.1 Å². The Morgan fingerprint density at radius 1 is 1.50 bits per heavy atom. The maximum absolute atomic E-state index is 13.0. The first-order valence-electron chi connectivity index (χ1n) is 5.36. The van der Waals surface area contributed by atoms with E-state index in [1.807, 2.05) is 0 Å². The molecule has 1 rings (SSSR count). The molecule has 0 fully saturated rings. The summed E-state index contributed by atoms with van der Waals surface area (Å²) in [6.45, 7) is 3.60. The standard InChI is InChI=1S/C12H17BrFNO/c1-3-6-15-12(8-16-2)10-5-4-9(14)7-11(10)13/h4-5,7,12,15H,3,6,8H2,1-2H3. The quantitative estimate of drug-likeness (QED) is 0.868. The summed E-state index contributed by atoms with van der Waals surface area (Å²) in [5.74, 6) is -0.234. The van der Waals surface area contributed by atoms with Crippen LogP contribution in [-0.2, 0) is 4.74 Å². The summed E-state index contributed by atoms with van der Waals surface area (Å²) in [5.41, 5.74) is 1.02. The van der Waals surface area contributed by atoms with Gasteiger partial charge in [0.2, 0.25) is 0 Å². The number of halogens is 2. The lowest BCUT2D eigenvalue weighted by molar-refractivity contribution is 0.167. The van der Waals surface area contributed by atoms with Gasteiger partial charge in [0.1, 0.15) is 5.82 Å². The second-order valence-corrected chi connectivity index (χ2v) is 4.48. The van der Waals surface area contributed by atoms with Crippen molar-refractivity contribution in [3.63, 3.8) is 0 Å². The van der Waals surface area contributed by atoms with E-state index in [-0.39, 0.29) is 11.9 Å². The molecule has 16 heavy (non-hydrogen) atoms. The number of nitrogens with one attached hydrogen (secondary N) is 1. The summed E-state index contributed by atoms with van der Waals surface area (Å²) in [7, 11) is 1.66. The smallest absolute Gasteiger partial charge is 0.124 e. The van der Waals surface area contributed by atoms with Gasteiger partial charge >= 0.3 is 0 Å². The van der Waals surface area contributed by atoms with Crippen molar-refractivity contribution >= 4 is 15.9 Å². The Kier molecular flexibility index (Phi) is 5.95. The lowest BCUT2D eigenvalue weighted by Gasteiger charge is -2.19. The third kappa shape index (κ3) is 3.85. The van der Waals surface area contributed by atoms with E-state index < -0.39 is 0 Å². The molecule has 1 aromatic carbocycles. The first-order valence-corrected chi connectivity index (χ1v) is 6.15. The first-order chi connectivity index (χ1) is 7.69. The number of hydrogen-bond donors (Lipinski definition) is 1. The monoisotopic (exact) mass is 289 g/mol. The molecule has 0 aromatic heterocycles. The van der Waals surface area contributed by atoms with Crippen LogP contribution in [0.4, 0.5) is 4.39 Å². The molecule has 1 atom stereocenters. The molecule has 2 nitrogen and oxygen atoms in total. The van der Waals surface area contributed by atoms with Crippen molar-refractivity contribution in [2.24, 2.45) is 0 Å². The van der Waals surface area contributed by atoms with E-state index in [4.69, 9.17) is 4.74 Å². The van der Waals surface area contributed by atoms with Crippen LogP contribution in [0.2, 0.25) is 0 Å². The molecule has 0 aliphatic rings. The highest BCUT2D eigenvalue weighted by Crippen LogP contribution is 2.24. The molecule has 0 amide bonds. The summed E-state index contributed by atoms with van der Waals surface area (Å²) >= 11 is 3.37. The van der Waals surface area contributed by atoms with E-state index in [0.717, 1.165) is 23.0 Å². The zero-order chi connectivity index (χ0) is 12.0. The van der Waals surface area contributed by atoms with Gasteiger partial charge in [-0.1, -0.05) is 28.9 Å². The lowest BCUT2D eigenvalue weighted by Crippen LogP contribution is -2.26. The highest BCUT2D eigenvalue weighted by atomic mass is 79.9. The van der Waals surface area contributed by atoms with Crippen molar-refractivity contribution in [1.82, 2.24) is 5.32 Å². The second kappa shape index (κ2) is 6.99. The van der Waals surface area contributed by atoms with Crippen molar-refractivity contribution in [2.75, 3.05) is 20.3 Å². The molecule has 0 spiro atoms. The predicted octanol–water partition coefficient (Wildman–Crippen LogP) is 3.28. The van der Waals surface area contributed by atoms with Gasteiger partial charge in [-0.25, -0.2) is 4.39 Å². The SMILES string of the molecule is CCCNC(COC)c1ccc(F)cc1Br. The highest BCUT2D eigenvalue weighted by molar-refractivity contribution is 9.10. The van der Waals surface area contributed by atoms with Crippen LogP contribution in [0.5, 0.6) is 0 Å². The third-order valence-electron chi connectivity index (χ3n) is 2.31. The van der Waals surface area contributed by atoms with Gasteiger partial charge in [0.25, 0.3) is 0 Å². The largest absolute Gasteiger partial charge is 0.383 e. The maximum Gasteiger partial charge on any atom is 0.124 e. The van der Waals surface area contributed by atoms with Crippen molar-refractivity contribution in [3.8, 4) is 0 Å². The topological polar surface area (TPSA) is 21.3 Å². The molecule has 0 radical (unpaired) electrons. The van der Waals surface area contributed by atoms with Crippen molar-refractivity contribution < 1.29 is 9.13 Å². The predicted molar refractivity (Wildman–Crippen MR) is 67.0 cm³/mol. The molecule has 0 heterocycles. The van der Waals surface area contributed by atoms with E-state index in [2.05, 4.69) is 28.2 Å². The summed E-state index contributed by atoms with van der Waals surface area (Å²) in [6, 6.07) is 4.83. The number of hydrogen-bond acceptors (Lipinski definition) is 2. The molecule has 1 aromatic rings. The van der Waals surface area contributed by atoms with Gasteiger partial charge in [-0.15, -0.1) is 0 Å². The van der Waals surface area contributed by atoms with Gasteiger partial charge in [-0.05, 0) is 30.7 Å². The van der Waals surface area contributed by atoms with E-state index in [0.29, 0.717) is 6.61 Å². The van der Waals surface area contributed by atoms with Crippen LogP contribution in [0.1, 0.15) is 24.9 Å². The van der Waals surface area contributed by atoms with Crippen molar-refractivity contribution in [2.45, 2.75) is 19.4 Å². The Balaban J connectivity index is 2.82. The molecule has 0 aliphatic carbocycles. The zero-order valence-corrected chi connectivity index (χ0v) is 11.2. The molecule has 1 N–H and O–H groups in total. The van der Waals surface area contributed by atoms with Crippen LogP contribution in [0.25, 0.3) is 0 Å². The highest BCUT2D eigenvalue weighted by Gasteiger charge is 2.13. The van der Waals surface area contributed by atoms with E-state index in [9.17, 15) is 4.39 Å². The van der Waals surface area contributed by atoms with E-state index in [1.54, 1.807) is 13.2 Å². The van der Waals surface area contributed by atoms with Crippen LogP contribution in [0.3, 0.4) is 0 Å². The molecule has 1 unspecified atom stereocenters. The molecule has 0 aliphatic heterocycles. The van der Waals surface area contributed by atoms with Crippen molar-refractivity contribution in [1.29, 1.82) is 0 Å². The molecule has 0 saturated heterocycles. The average Bonchev–Trinajstić information content (AvgIpc) is 2.25. The second-order valence-electron chi connectivity index (χ2n) is 3.63. The van der Waals surface area contributed by atoms with Gasteiger partial charge in [-0.3, -0.25) is 0 Å². The summed E-state index contributed by atoms with van der Waals surface area (Å²) in [6.07, 6.45) is 1.05. The Bertz CT molecular complexity index is 333. The minimum atomic E-state index is -0.234. The first kappa shape index (κ1) is 13.6. The minimum absolute atomic E-state index is 0.0972. The lowest BCUT2D eigenvalue weighted by atomic mass is 10.1. The summed E-state index contributed by atoms with van der Waals surface area (Å²) in [4.78, 5) is 0. The summed E-state index contributed by atoms with van der Waals surface area (Å²) in [5, 5.41) is 3.37. The fourth-order valence-electron chi connectivity index (χ4n) is 1.53. The van der Waals surface area contributed by atoms with Crippen molar-refractivity contribution in [3.05, 3.63) is 34.1 Å². The van der Waals surface area contributed by atoms with E-state index in [1.165, 1.54) is 12.1 Å². The minimum Gasteiger partial charge on any atom is -0.383 e. The molecule has 90 valence electrons. The Morgan fingerprint density at radius 3 is 2.81 bits per heavy atom. The third-order valence-corrected chi connectivity index (χ3v) is 3.00. The molecule has 0 bridgehead atoms. The molecular formula is C12H17BrFNO. The Labute approximate surface area is 104 Å². The van der Waals surface area contributed by atoms with Crippen LogP contribution in [0, 0.1) is 5.82 Å². The fraction of sp³-hybridized carbons (Fsp3) is 0.500.